The van der Waals surface area contributed by atoms with E-state index < -0.39 is 0 Å². The van der Waals surface area contributed by atoms with Gasteiger partial charge in [-0.3, -0.25) is 0 Å². The van der Waals surface area contributed by atoms with Crippen LogP contribution in [0.4, 0.5) is 0 Å². The SMILES string of the molecule is CCCNC(CCN(C)CC1CCN(C)CC1)C(C)(C)C. The highest BCUT2D eigenvalue weighted by molar-refractivity contribution is 4.81. The van der Waals surface area contributed by atoms with E-state index >= 15 is 0 Å². The fraction of sp³-hybridized carbons (Fsp3) is 1.00. The van der Waals surface area contributed by atoms with Gasteiger partial charge >= 0.3 is 0 Å². The number of nitrogens with zero attached hydrogens (tertiary/aromatic N) is 2. The lowest BCUT2D eigenvalue weighted by atomic mass is 9.84. The van der Waals surface area contributed by atoms with Crippen LogP contribution >= 0.6 is 0 Å². The fourth-order valence-electron chi connectivity index (χ4n) is 3.29. The number of likely N-dealkylation sites (tertiary alicyclic amines) is 1. The first-order chi connectivity index (χ1) is 9.82. The molecule has 0 aliphatic carbocycles. The summed E-state index contributed by atoms with van der Waals surface area (Å²) in [6.07, 6.45) is 5.22. The van der Waals surface area contributed by atoms with Crippen molar-refractivity contribution < 1.29 is 0 Å². The van der Waals surface area contributed by atoms with Crippen LogP contribution in [0, 0.1) is 11.3 Å². The van der Waals surface area contributed by atoms with Crippen LogP contribution in [-0.2, 0) is 0 Å². The fourth-order valence-corrected chi connectivity index (χ4v) is 3.29. The molecular weight excluding hydrogens is 258 g/mol. The highest BCUT2D eigenvalue weighted by atomic mass is 15.1. The van der Waals surface area contributed by atoms with Crippen molar-refractivity contribution in [1.82, 2.24) is 15.1 Å². The van der Waals surface area contributed by atoms with Crippen LogP contribution in [-0.4, -0.2) is 62.7 Å². The minimum atomic E-state index is 0.351. The van der Waals surface area contributed by atoms with Crippen LogP contribution in [0.3, 0.4) is 0 Å². The van der Waals surface area contributed by atoms with Gasteiger partial charge in [-0.25, -0.2) is 0 Å². The molecule has 0 aromatic heterocycles. The zero-order valence-electron chi connectivity index (χ0n) is 15.4. The van der Waals surface area contributed by atoms with Crippen LogP contribution < -0.4 is 5.32 Å². The van der Waals surface area contributed by atoms with Crippen LogP contribution in [0.25, 0.3) is 0 Å². The first-order valence-corrected chi connectivity index (χ1v) is 8.93. The lowest BCUT2D eigenvalue weighted by Crippen LogP contribution is -2.43. The molecule has 1 unspecified atom stereocenters. The predicted molar refractivity (Wildman–Crippen MR) is 93.9 cm³/mol. The third-order valence-corrected chi connectivity index (χ3v) is 4.89. The Morgan fingerprint density at radius 2 is 1.86 bits per heavy atom. The molecular formula is C18H39N3. The van der Waals surface area contributed by atoms with E-state index in [0.29, 0.717) is 11.5 Å². The molecule has 0 radical (unpaired) electrons. The van der Waals surface area contributed by atoms with E-state index in [9.17, 15) is 0 Å². The van der Waals surface area contributed by atoms with Gasteiger partial charge in [0.05, 0.1) is 0 Å². The average Bonchev–Trinajstić information content (AvgIpc) is 2.40. The summed E-state index contributed by atoms with van der Waals surface area (Å²) in [5, 5.41) is 3.74. The topological polar surface area (TPSA) is 18.5 Å². The van der Waals surface area contributed by atoms with Gasteiger partial charge in [0, 0.05) is 12.6 Å². The molecule has 0 aromatic carbocycles. The summed E-state index contributed by atoms with van der Waals surface area (Å²) in [5.74, 6) is 0.905. The van der Waals surface area contributed by atoms with Crippen molar-refractivity contribution in [3.05, 3.63) is 0 Å². The predicted octanol–water partition coefficient (Wildman–Crippen LogP) is 3.06. The molecule has 3 nitrogen and oxygen atoms in total. The average molecular weight is 298 g/mol. The van der Waals surface area contributed by atoms with Gasteiger partial charge in [0.15, 0.2) is 0 Å². The second-order valence-electron chi connectivity index (χ2n) is 8.17. The summed E-state index contributed by atoms with van der Waals surface area (Å²) in [7, 11) is 4.55. The Hall–Kier alpha value is -0.120. The van der Waals surface area contributed by atoms with E-state index in [1.807, 2.05) is 0 Å². The van der Waals surface area contributed by atoms with Gasteiger partial charge in [-0.1, -0.05) is 27.7 Å². The van der Waals surface area contributed by atoms with E-state index in [-0.39, 0.29) is 0 Å². The monoisotopic (exact) mass is 297 g/mol. The molecule has 1 heterocycles. The first-order valence-electron chi connectivity index (χ1n) is 8.93. The second kappa shape index (κ2) is 9.12. The normalized spacial score (nSPS) is 20.1. The van der Waals surface area contributed by atoms with Gasteiger partial charge in [-0.05, 0) is 77.3 Å². The van der Waals surface area contributed by atoms with E-state index in [0.717, 1.165) is 12.5 Å². The molecule has 1 rings (SSSR count). The Morgan fingerprint density at radius 3 is 2.38 bits per heavy atom. The summed E-state index contributed by atoms with van der Waals surface area (Å²) >= 11 is 0. The summed E-state index contributed by atoms with van der Waals surface area (Å²) in [6.45, 7) is 15.5. The van der Waals surface area contributed by atoms with Crippen molar-refractivity contribution in [1.29, 1.82) is 0 Å². The van der Waals surface area contributed by atoms with Crippen LogP contribution in [0.1, 0.15) is 53.4 Å². The van der Waals surface area contributed by atoms with E-state index in [1.54, 1.807) is 0 Å². The van der Waals surface area contributed by atoms with Crippen molar-refractivity contribution in [3.63, 3.8) is 0 Å². The molecule has 1 aliphatic heterocycles. The molecule has 0 amide bonds. The van der Waals surface area contributed by atoms with Gasteiger partial charge in [0.25, 0.3) is 0 Å². The summed E-state index contributed by atoms with van der Waals surface area (Å²) in [4.78, 5) is 5.02. The molecule has 0 saturated carbocycles. The molecule has 21 heavy (non-hydrogen) atoms. The van der Waals surface area contributed by atoms with E-state index in [2.05, 4.69) is 56.9 Å². The molecule has 1 atom stereocenters. The van der Waals surface area contributed by atoms with Crippen molar-refractivity contribution in [2.45, 2.75) is 59.4 Å². The first kappa shape index (κ1) is 18.9. The largest absolute Gasteiger partial charge is 0.313 e. The van der Waals surface area contributed by atoms with Gasteiger partial charge in [0.2, 0.25) is 0 Å². The maximum atomic E-state index is 3.74. The Kier molecular flexibility index (Phi) is 8.22. The number of nitrogens with one attached hydrogen (secondary N) is 1. The highest BCUT2D eigenvalue weighted by Gasteiger charge is 2.24. The number of hydrogen-bond donors (Lipinski definition) is 1. The number of hydrogen-bond acceptors (Lipinski definition) is 3. The van der Waals surface area contributed by atoms with Gasteiger partial charge in [0.1, 0.15) is 0 Å². The minimum Gasteiger partial charge on any atom is -0.313 e. The molecule has 3 heteroatoms. The van der Waals surface area contributed by atoms with Crippen molar-refractivity contribution in [2.24, 2.45) is 11.3 Å². The van der Waals surface area contributed by atoms with Gasteiger partial charge in [-0.15, -0.1) is 0 Å². The molecule has 126 valence electrons. The quantitative estimate of drug-likeness (QED) is 0.743. The van der Waals surface area contributed by atoms with Crippen molar-refractivity contribution in [3.8, 4) is 0 Å². The smallest absolute Gasteiger partial charge is 0.0128 e. The van der Waals surface area contributed by atoms with Crippen LogP contribution in [0.15, 0.2) is 0 Å². The van der Waals surface area contributed by atoms with Gasteiger partial charge < -0.3 is 15.1 Å². The zero-order chi connectivity index (χ0) is 15.9. The molecule has 1 aliphatic rings. The Balaban J connectivity index is 2.30. The van der Waals surface area contributed by atoms with Crippen molar-refractivity contribution in [2.75, 3.05) is 46.8 Å². The Morgan fingerprint density at radius 1 is 1.24 bits per heavy atom. The summed E-state index contributed by atoms with van der Waals surface area (Å²) in [5.41, 5.74) is 0.351. The summed E-state index contributed by atoms with van der Waals surface area (Å²) < 4.78 is 0. The molecule has 0 spiro atoms. The highest BCUT2D eigenvalue weighted by Crippen LogP contribution is 2.23. The standard InChI is InChI=1S/C18H39N3/c1-7-11-19-17(18(2,3)4)10-14-21(6)15-16-8-12-20(5)13-9-16/h16-17,19H,7-15H2,1-6H3. The Labute approximate surface area is 133 Å². The minimum absolute atomic E-state index is 0.351. The second-order valence-corrected chi connectivity index (χ2v) is 8.17. The van der Waals surface area contributed by atoms with Crippen molar-refractivity contribution >= 4 is 0 Å². The number of piperidine rings is 1. The van der Waals surface area contributed by atoms with Gasteiger partial charge in [-0.2, -0.15) is 0 Å². The maximum absolute atomic E-state index is 3.74. The maximum Gasteiger partial charge on any atom is 0.0128 e. The molecule has 1 fully saturated rings. The molecule has 1 N–H and O–H groups in total. The van der Waals surface area contributed by atoms with E-state index in [1.165, 1.54) is 51.9 Å². The molecule has 0 aromatic rings. The lowest BCUT2D eigenvalue weighted by Gasteiger charge is -2.35. The third kappa shape index (κ3) is 7.62. The van der Waals surface area contributed by atoms with Crippen LogP contribution in [0.5, 0.6) is 0 Å². The summed E-state index contributed by atoms with van der Waals surface area (Å²) in [6, 6.07) is 0.623. The molecule has 0 bridgehead atoms. The lowest BCUT2D eigenvalue weighted by molar-refractivity contribution is 0.164. The third-order valence-electron chi connectivity index (χ3n) is 4.89. The van der Waals surface area contributed by atoms with Crippen LogP contribution in [0.2, 0.25) is 0 Å². The van der Waals surface area contributed by atoms with E-state index in [4.69, 9.17) is 0 Å². The molecule has 1 saturated heterocycles. The number of rotatable bonds is 8. The zero-order valence-corrected chi connectivity index (χ0v) is 15.4. The Bertz CT molecular complexity index is 264.